The Morgan fingerprint density at radius 1 is 1.42 bits per heavy atom. The number of nitrogens with zero attached hydrogens (tertiary/aromatic N) is 2. The van der Waals surface area contributed by atoms with E-state index in [1.807, 2.05) is 18.3 Å². The molecular formula is C15H16BrN3. The summed E-state index contributed by atoms with van der Waals surface area (Å²) >= 11 is 3.55. The lowest BCUT2D eigenvalue weighted by atomic mass is 10.1. The molecule has 1 aromatic heterocycles. The van der Waals surface area contributed by atoms with Crippen LogP contribution in [-0.2, 0) is 6.54 Å². The maximum absolute atomic E-state index is 8.76. The predicted octanol–water partition coefficient (Wildman–Crippen LogP) is 3.78. The first-order valence-electron chi connectivity index (χ1n) is 6.38. The molecule has 4 heteroatoms. The third-order valence-electron chi connectivity index (χ3n) is 3.21. The van der Waals surface area contributed by atoms with E-state index in [9.17, 15) is 0 Å². The summed E-state index contributed by atoms with van der Waals surface area (Å²) in [6.45, 7) is 2.83. The van der Waals surface area contributed by atoms with E-state index in [0.717, 1.165) is 33.9 Å². The molecule has 0 fully saturated rings. The minimum absolute atomic E-state index is 0.243. The van der Waals surface area contributed by atoms with Crippen LogP contribution in [0.25, 0.3) is 10.9 Å². The maximum atomic E-state index is 8.76. The summed E-state index contributed by atoms with van der Waals surface area (Å²) in [4.78, 5) is 4.46. The molecule has 1 N–H and O–H groups in total. The fourth-order valence-corrected chi connectivity index (χ4v) is 2.52. The van der Waals surface area contributed by atoms with Gasteiger partial charge >= 0.3 is 0 Å². The molecule has 2 rings (SSSR count). The van der Waals surface area contributed by atoms with Gasteiger partial charge in [-0.15, -0.1) is 0 Å². The van der Waals surface area contributed by atoms with Crippen LogP contribution < -0.4 is 5.32 Å². The van der Waals surface area contributed by atoms with Crippen molar-refractivity contribution in [3.05, 3.63) is 40.5 Å². The second-order valence-corrected chi connectivity index (χ2v) is 5.31. The standard InChI is InChI=1S/C15H16BrN3/c1-2-12(7-8-17)19-10-11-5-6-14(16)13-4-3-9-18-15(11)13/h3-6,9,12,19H,2,7,10H2,1H3. The molecule has 1 atom stereocenters. The molecular weight excluding hydrogens is 302 g/mol. The average Bonchev–Trinajstić information content (AvgIpc) is 2.45. The van der Waals surface area contributed by atoms with E-state index in [2.05, 4.69) is 51.4 Å². The highest BCUT2D eigenvalue weighted by Crippen LogP contribution is 2.25. The molecule has 0 saturated carbocycles. The molecule has 0 amide bonds. The number of aromatic nitrogens is 1. The van der Waals surface area contributed by atoms with Crippen molar-refractivity contribution < 1.29 is 0 Å². The molecule has 0 aliphatic heterocycles. The number of nitriles is 1. The molecule has 0 spiro atoms. The molecule has 1 unspecified atom stereocenters. The Kier molecular flexibility index (Phi) is 4.89. The number of fused-ring (bicyclic) bond motifs is 1. The van der Waals surface area contributed by atoms with Crippen LogP contribution in [0.15, 0.2) is 34.9 Å². The number of rotatable bonds is 5. The van der Waals surface area contributed by atoms with Crippen molar-refractivity contribution in [2.75, 3.05) is 0 Å². The minimum Gasteiger partial charge on any atom is -0.309 e. The van der Waals surface area contributed by atoms with Gasteiger partial charge in [-0.05, 0) is 24.1 Å². The Hall–Kier alpha value is -1.44. The van der Waals surface area contributed by atoms with Gasteiger partial charge in [0, 0.05) is 28.6 Å². The van der Waals surface area contributed by atoms with Crippen molar-refractivity contribution in [1.82, 2.24) is 10.3 Å². The first-order chi connectivity index (χ1) is 9.26. The first kappa shape index (κ1) is 14.0. The smallest absolute Gasteiger partial charge is 0.0758 e. The largest absolute Gasteiger partial charge is 0.309 e. The summed E-state index contributed by atoms with van der Waals surface area (Å²) in [5.41, 5.74) is 2.17. The van der Waals surface area contributed by atoms with Crippen LogP contribution in [0.4, 0.5) is 0 Å². The lowest BCUT2D eigenvalue weighted by molar-refractivity contribution is 0.506. The zero-order valence-corrected chi connectivity index (χ0v) is 12.4. The lowest BCUT2D eigenvalue weighted by Gasteiger charge is -2.14. The highest BCUT2D eigenvalue weighted by Gasteiger charge is 2.08. The van der Waals surface area contributed by atoms with Gasteiger partial charge in [0.15, 0.2) is 0 Å². The average molecular weight is 318 g/mol. The third kappa shape index (κ3) is 3.31. The Morgan fingerprint density at radius 3 is 3.00 bits per heavy atom. The molecule has 98 valence electrons. The molecule has 3 nitrogen and oxygen atoms in total. The molecule has 0 aliphatic carbocycles. The van der Waals surface area contributed by atoms with Gasteiger partial charge in [-0.3, -0.25) is 4.98 Å². The molecule has 1 heterocycles. The molecule has 0 saturated heterocycles. The monoisotopic (exact) mass is 317 g/mol. The van der Waals surface area contributed by atoms with Gasteiger partial charge in [0.1, 0.15) is 0 Å². The van der Waals surface area contributed by atoms with Crippen LogP contribution in [0.5, 0.6) is 0 Å². The highest BCUT2D eigenvalue weighted by molar-refractivity contribution is 9.10. The van der Waals surface area contributed by atoms with Crippen molar-refractivity contribution in [1.29, 1.82) is 5.26 Å². The molecule has 2 aromatic rings. The van der Waals surface area contributed by atoms with Gasteiger partial charge in [-0.25, -0.2) is 0 Å². The van der Waals surface area contributed by atoms with Crippen molar-refractivity contribution in [3.8, 4) is 6.07 Å². The molecule has 0 aliphatic rings. The number of hydrogen-bond acceptors (Lipinski definition) is 3. The van der Waals surface area contributed by atoms with Crippen molar-refractivity contribution in [3.63, 3.8) is 0 Å². The van der Waals surface area contributed by atoms with E-state index >= 15 is 0 Å². The quantitative estimate of drug-likeness (QED) is 0.913. The highest BCUT2D eigenvalue weighted by atomic mass is 79.9. The van der Waals surface area contributed by atoms with Crippen molar-refractivity contribution >= 4 is 26.8 Å². The van der Waals surface area contributed by atoms with E-state index in [1.54, 1.807) is 0 Å². The minimum atomic E-state index is 0.243. The van der Waals surface area contributed by atoms with Crippen molar-refractivity contribution in [2.45, 2.75) is 32.4 Å². The summed E-state index contributed by atoms with van der Waals surface area (Å²) < 4.78 is 1.06. The summed E-state index contributed by atoms with van der Waals surface area (Å²) in [6.07, 6.45) is 3.30. The zero-order chi connectivity index (χ0) is 13.7. The van der Waals surface area contributed by atoms with Gasteiger partial charge in [0.2, 0.25) is 0 Å². The molecule has 0 radical (unpaired) electrons. The number of benzene rings is 1. The SMILES string of the molecule is CCC(CC#N)NCc1ccc(Br)c2cccnc12. The second kappa shape index (κ2) is 6.65. The topological polar surface area (TPSA) is 48.7 Å². The summed E-state index contributed by atoms with van der Waals surface area (Å²) in [6, 6.07) is 10.6. The van der Waals surface area contributed by atoms with E-state index in [4.69, 9.17) is 5.26 Å². The fraction of sp³-hybridized carbons (Fsp3) is 0.333. The predicted molar refractivity (Wildman–Crippen MR) is 80.6 cm³/mol. The number of pyridine rings is 1. The van der Waals surface area contributed by atoms with Gasteiger partial charge < -0.3 is 5.32 Å². The Bertz CT molecular complexity index is 604. The fourth-order valence-electron chi connectivity index (χ4n) is 2.06. The summed E-state index contributed by atoms with van der Waals surface area (Å²) in [7, 11) is 0. The van der Waals surface area contributed by atoms with Gasteiger partial charge in [0.25, 0.3) is 0 Å². The van der Waals surface area contributed by atoms with E-state index in [-0.39, 0.29) is 6.04 Å². The van der Waals surface area contributed by atoms with Crippen LogP contribution in [0.3, 0.4) is 0 Å². The normalized spacial score (nSPS) is 12.3. The number of halogens is 1. The Balaban J connectivity index is 2.22. The van der Waals surface area contributed by atoms with Crippen LogP contribution in [0, 0.1) is 11.3 Å². The van der Waals surface area contributed by atoms with Gasteiger partial charge in [0.05, 0.1) is 18.0 Å². The van der Waals surface area contributed by atoms with Gasteiger partial charge in [-0.1, -0.05) is 35.0 Å². The third-order valence-corrected chi connectivity index (χ3v) is 3.90. The van der Waals surface area contributed by atoms with Crippen LogP contribution in [0.2, 0.25) is 0 Å². The van der Waals surface area contributed by atoms with Crippen LogP contribution in [0.1, 0.15) is 25.3 Å². The molecule has 19 heavy (non-hydrogen) atoms. The van der Waals surface area contributed by atoms with Crippen LogP contribution >= 0.6 is 15.9 Å². The van der Waals surface area contributed by atoms with E-state index < -0.39 is 0 Å². The van der Waals surface area contributed by atoms with Crippen molar-refractivity contribution in [2.24, 2.45) is 0 Å². The second-order valence-electron chi connectivity index (χ2n) is 4.45. The summed E-state index contributed by atoms with van der Waals surface area (Å²) in [5, 5.41) is 13.3. The Morgan fingerprint density at radius 2 is 2.26 bits per heavy atom. The number of nitrogens with one attached hydrogen (secondary N) is 1. The number of hydrogen-bond donors (Lipinski definition) is 1. The van der Waals surface area contributed by atoms with Gasteiger partial charge in [-0.2, -0.15) is 5.26 Å². The first-order valence-corrected chi connectivity index (χ1v) is 7.18. The molecule has 0 bridgehead atoms. The van der Waals surface area contributed by atoms with E-state index in [1.165, 1.54) is 0 Å². The summed E-state index contributed by atoms with van der Waals surface area (Å²) in [5.74, 6) is 0. The zero-order valence-electron chi connectivity index (χ0n) is 10.9. The van der Waals surface area contributed by atoms with Crippen LogP contribution in [-0.4, -0.2) is 11.0 Å². The van der Waals surface area contributed by atoms with E-state index in [0.29, 0.717) is 6.42 Å². The maximum Gasteiger partial charge on any atom is 0.0758 e. The molecule has 1 aromatic carbocycles. The Labute approximate surface area is 121 Å². The lowest BCUT2D eigenvalue weighted by Crippen LogP contribution is -2.27.